The standard InChI is InChI=1S/C46H60N2O9/c1-28(2)10-9-15-44(8)16-14-32-37(50)36-38(51)34-26-31-27-35-43(6,7)57-45(41(31)52,46(34,35)56-40(36)33(39(32)55-44)12-11-29(3)4)17-13-30(5)42(53)48-20-18-47(19-21-48)22-24-54-25-23-49/h10-11,13-14,16,26,31,35,49-50H,9,12,15,17-25,27H2,1-8H3/b30-13-. The number of carbonyl (C=O) groups is 3. The first-order valence-electron chi connectivity index (χ1n) is 20.6. The molecule has 0 radical (unpaired) electrons. The minimum atomic E-state index is -1.59. The number of allylic oxidation sites excluding steroid dienone is 5. The second kappa shape index (κ2) is 15.3. The molecule has 1 aromatic carbocycles. The molecule has 57 heavy (non-hydrogen) atoms. The molecule has 1 aromatic rings. The fraction of sp³-hybridized carbons (Fsp3) is 0.587. The minimum Gasteiger partial charge on any atom is -0.506 e. The fourth-order valence-corrected chi connectivity index (χ4v) is 9.96. The van der Waals surface area contributed by atoms with Gasteiger partial charge in [0.2, 0.25) is 5.91 Å². The Kier molecular flexibility index (Phi) is 11.0. The van der Waals surface area contributed by atoms with Crippen molar-refractivity contribution in [3.05, 3.63) is 69.4 Å². The number of carbonyl (C=O) groups excluding carboxylic acids is 3. The van der Waals surface area contributed by atoms with Gasteiger partial charge >= 0.3 is 0 Å². The van der Waals surface area contributed by atoms with Gasteiger partial charge in [0.25, 0.3) is 0 Å². The molecule has 5 unspecified atom stereocenters. The Hall–Kier alpha value is -4.03. The van der Waals surface area contributed by atoms with Crippen LogP contribution in [-0.2, 0) is 25.5 Å². The van der Waals surface area contributed by atoms with E-state index in [1.165, 1.54) is 5.57 Å². The van der Waals surface area contributed by atoms with Crippen molar-refractivity contribution in [2.75, 3.05) is 52.5 Å². The number of amides is 1. The van der Waals surface area contributed by atoms with Gasteiger partial charge in [-0.25, -0.2) is 0 Å². The Morgan fingerprint density at radius 2 is 1.68 bits per heavy atom. The highest BCUT2D eigenvalue weighted by Gasteiger charge is 2.81. The number of aromatic hydroxyl groups is 1. The minimum absolute atomic E-state index is 0.00852. The van der Waals surface area contributed by atoms with E-state index in [9.17, 15) is 14.7 Å². The molecule has 1 amide bonds. The highest BCUT2D eigenvalue weighted by molar-refractivity contribution is 6.19. The summed E-state index contributed by atoms with van der Waals surface area (Å²) in [4.78, 5) is 47.8. The van der Waals surface area contributed by atoms with Crippen LogP contribution >= 0.6 is 0 Å². The zero-order valence-electron chi connectivity index (χ0n) is 35.0. The van der Waals surface area contributed by atoms with Crippen molar-refractivity contribution in [1.82, 2.24) is 9.80 Å². The molecule has 11 nitrogen and oxygen atoms in total. The third kappa shape index (κ3) is 6.92. The van der Waals surface area contributed by atoms with Crippen LogP contribution in [0.3, 0.4) is 0 Å². The number of ketones is 2. The van der Waals surface area contributed by atoms with E-state index >= 15 is 4.79 Å². The molecule has 3 fully saturated rings. The third-order valence-corrected chi connectivity index (χ3v) is 12.9. The molecule has 308 valence electrons. The number of piperazine rings is 1. The molecule has 4 heterocycles. The van der Waals surface area contributed by atoms with Gasteiger partial charge in [0.15, 0.2) is 22.8 Å². The predicted molar refractivity (Wildman–Crippen MR) is 218 cm³/mol. The second-order valence-corrected chi connectivity index (χ2v) is 17.9. The van der Waals surface area contributed by atoms with Gasteiger partial charge < -0.3 is 34.1 Å². The summed E-state index contributed by atoms with van der Waals surface area (Å²) < 4.78 is 26.6. The summed E-state index contributed by atoms with van der Waals surface area (Å²) in [7, 11) is 0. The number of rotatable bonds is 13. The summed E-state index contributed by atoms with van der Waals surface area (Å²) in [5.74, 6) is -1.07. The van der Waals surface area contributed by atoms with E-state index < -0.39 is 28.3 Å². The van der Waals surface area contributed by atoms with E-state index in [0.717, 1.165) is 18.5 Å². The SMILES string of the molecule is CC(C)=CCCC1(C)C=Cc2c(O)c3c(c(CC=C(C)C)c2O1)OC12C(=CC4CC1C(C)(C)OC2(C/C=C(/C)C(=O)N1CCN(CCOCCO)CC1)C4=O)C3=O. The second-order valence-electron chi connectivity index (χ2n) is 17.9. The topological polar surface area (TPSA) is 135 Å². The number of aliphatic hydroxyl groups is 1. The van der Waals surface area contributed by atoms with Gasteiger partial charge in [0.05, 0.1) is 31.0 Å². The van der Waals surface area contributed by atoms with Gasteiger partial charge in [-0.05, 0) is 93.2 Å². The summed E-state index contributed by atoms with van der Waals surface area (Å²) >= 11 is 0. The van der Waals surface area contributed by atoms with Gasteiger partial charge in [-0.3, -0.25) is 19.3 Å². The number of hydrogen-bond acceptors (Lipinski definition) is 10. The summed E-state index contributed by atoms with van der Waals surface area (Å²) in [5.41, 5.74) is -0.320. The van der Waals surface area contributed by atoms with Crippen LogP contribution in [0.15, 0.2) is 52.7 Å². The van der Waals surface area contributed by atoms with Gasteiger partial charge in [-0.15, -0.1) is 0 Å². The molecule has 3 aliphatic carbocycles. The van der Waals surface area contributed by atoms with E-state index in [-0.39, 0.29) is 53.5 Å². The van der Waals surface area contributed by atoms with Crippen molar-refractivity contribution in [1.29, 1.82) is 0 Å². The van der Waals surface area contributed by atoms with Crippen LogP contribution < -0.4 is 9.47 Å². The number of fused-ring (bicyclic) bond motifs is 2. The average Bonchev–Trinajstić information content (AvgIpc) is 3.31. The Morgan fingerprint density at radius 3 is 2.37 bits per heavy atom. The quantitative estimate of drug-likeness (QED) is 0.133. The third-order valence-electron chi connectivity index (χ3n) is 12.9. The number of phenols is 1. The molecule has 4 aliphatic heterocycles. The zero-order valence-corrected chi connectivity index (χ0v) is 35.0. The first-order valence-corrected chi connectivity index (χ1v) is 20.6. The maximum absolute atomic E-state index is 15.1. The lowest BCUT2D eigenvalue weighted by Gasteiger charge is -2.56. The largest absolute Gasteiger partial charge is 0.506 e. The Labute approximate surface area is 337 Å². The van der Waals surface area contributed by atoms with E-state index in [1.807, 2.05) is 51.7 Å². The van der Waals surface area contributed by atoms with Crippen molar-refractivity contribution < 1.29 is 43.5 Å². The summed E-state index contributed by atoms with van der Waals surface area (Å²) in [6.45, 7) is 19.9. The number of aliphatic hydroxyl groups excluding tert-OH is 1. The van der Waals surface area contributed by atoms with Crippen LogP contribution in [0.1, 0.15) is 103 Å². The molecular formula is C46H60N2O9. The van der Waals surface area contributed by atoms with Crippen LogP contribution in [0.2, 0.25) is 0 Å². The van der Waals surface area contributed by atoms with Gasteiger partial charge in [0.1, 0.15) is 28.4 Å². The molecule has 1 spiro atoms. The summed E-state index contributed by atoms with van der Waals surface area (Å²) in [6, 6.07) is 0. The number of benzene rings is 1. The lowest BCUT2D eigenvalue weighted by atomic mass is 9.51. The molecule has 8 rings (SSSR count). The fourth-order valence-electron chi connectivity index (χ4n) is 9.96. The smallest absolute Gasteiger partial charge is 0.249 e. The molecule has 7 aliphatic rings. The van der Waals surface area contributed by atoms with Crippen molar-refractivity contribution in [3.63, 3.8) is 0 Å². The maximum Gasteiger partial charge on any atom is 0.249 e. The molecule has 2 saturated heterocycles. The number of Topliss-reactive ketones (excluding diaryl/α,β-unsaturated/α-hetero) is 2. The van der Waals surface area contributed by atoms with E-state index in [4.69, 9.17) is 24.1 Å². The molecule has 1 saturated carbocycles. The first-order chi connectivity index (χ1) is 27.0. The molecule has 5 atom stereocenters. The van der Waals surface area contributed by atoms with E-state index in [1.54, 1.807) is 19.1 Å². The average molecular weight is 785 g/mol. The molecule has 2 N–H and O–H groups in total. The first kappa shape index (κ1) is 41.1. The van der Waals surface area contributed by atoms with Crippen LogP contribution in [0.4, 0.5) is 0 Å². The molecule has 11 heteroatoms. The lowest BCUT2D eigenvalue weighted by Crippen LogP contribution is -2.72. The van der Waals surface area contributed by atoms with E-state index in [2.05, 4.69) is 30.9 Å². The summed E-state index contributed by atoms with van der Waals surface area (Å²) in [5, 5.41) is 21.0. The highest BCUT2D eigenvalue weighted by Crippen LogP contribution is 2.68. The number of hydrogen-bond donors (Lipinski definition) is 2. The van der Waals surface area contributed by atoms with Crippen LogP contribution in [-0.4, -0.2) is 112 Å². The van der Waals surface area contributed by atoms with Crippen molar-refractivity contribution in [3.8, 4) is 17.2 Å². The Balaban J connectivity index is 1.26. The van der Waals surface area contributed by atoms with Gasteiger partial charge in [-0.2, -0.15) is 0 Å². The lowest BCUT2D eigenvalue weighted by molar-refractivity contribution is -0.171. The van der Waals surface area contributed by atoms with Crippen LogP contribution in [0.5, 0.6) is 17.2 Å². The van der Waals surface area contributed by atoms with Crippen LogP contribution in [0.25, 0.3) is 6.08 Å². The number of phenolic OH excluding ortho intramolecular Hbond substituents is 1. The number of nitrogens with zero attached hydrogens (tertiary/aromatic N) is 2. The van der Waals surface area contributed by atoms with E-state index in [0.29, 0.717) is 86.7 Å². The number of ether oxygens (including phenoxy) is 4. The van der Waals surface area contributed by atoms with Crippen molar-refractivity contribution in [2.45, 2.75) is 110 Å². The predicted octanol–water partition coefficient (Wildman–Crippen LogP) is 6.31. The summed E-state index contributed by atoms with van der Waals surface area (Å²) in [6.07, 6.45) is 14.0. The van der Waals surface area contributed by atoms with Crippen molar-refractivity contribution in [2.24, 2.45) is 11.8 Å². The van der Waals surface area contributed by atoms with Gasteiger partial charge in [0, 0.05) is 67.7 Å². The normalized spacial score (nSPS) is 29.5. The Morgan fingerprint density at radius 1 is 0.965 bits per heavy atom. The monoisotopic (exact) mass is 784 g/mol. The Bertz CT molecular complexity index is 1990. The van der Waals surface area contributed by atoms with Crippen LogP contribution in [0, 0.1) is 11.8 Å². The van der Waals surface area contributed by atoms with Crippen molar-refractivity contribution >= 4 is 23.5 Å². The molecular weight excluding hydrogens is 725 g/mol. The highest BCUT2D eigenvalue weighted by atomic mass is 16.6. The van der Waals surface area contributed by atoms with Gasteiger partial charge in [-0.1, -0.05) is 35.5 Å². The molecule has 0 aromatic heterocycles. The molecule has 4 bridgehead atoms. The maximum atomic E-state index is 15.1. The zero-order chi connectivity index (χ0) is 41.1.